The van der Waals surface area contributed by atoms with Crippen molar-refractivity contribution in [2.24, 2.45) is 5.73 Å². The number of hydrogen-bond acceptors (Lipinski definition) is 6. The molecule has 3 aromatic rings. The first kappa shape index (κ1) is 17.2. The van der Waals surface area contributed by atoms with Crippen molar-refractivity contribution in [1.82, 2.24) is 4.98 Å². The van der Waals surface area contributed by atoms with Crippen molar-refractivity contribution in [3.8, 4) is 0 Å². The van der Waals surface area contributed by atoms with Crippen LogP contribution >= 0.6 is 11.3 Å². The third-order valence-corrected chi connectivity index (χ3v) is 5.80. The molecule has 1 amide bonds. The maximum Gasteiger partial charge on any atom is 0.233 e. The molecule has 7 heteroatoms. The number of aliphatic hydroxyl groups excluding tert-OH is 1. The van der Waals surface area contributed by atoms with Gasteiger partial charge in [-0.1, -0.05) is 11.3 Å². The Morgan fingerprint density at radius 2 is 2.15 bits per heavy atom. The topological polar surface area (TPSA) is 92.6 Å². The lowest BCUT2D eigenvalue weighted by Gasteiger charge is -2.18. The van der Waals surface area contributed by atoms with Crippen molar-refractivity contribution in [2.75, 3.05) is 18.0 Å². The van der Waals surface area contributed by atoms with E-state index in [1.807, 2.05) is 0 Å². The van der Waals surface area contributed by atoms with Gasteiger partial charge >= 0.3 is 0 Å². The van der Waals surface area contributed by atoms with E-state index in [1.54, 1.807) is 17.4 Å². The van der Waals surface area contributed by atoms with Gasteiger partial charge in [0.05, 0.1) is 24.2 Å². The lowest BCUT2D eigenvalue weighted by atomic mass is 10.0. The van der Waals surface area contributed by atoms with Gasteiger partial charge in [0.25, 0.3) is 0 Å². The SMILES string of the molecule is NCCN(C(=O)Cc1coc2cc3c(cc12)CCC3)c1ncc(CO)s1. The molecule has 6 nitrogen and oxygen atoms in total. The molecule has 0 fully saturated rings. The van der Waals surface area contributed by atoms with Crippen molar-refractivity contribution in [3.05, 3.63) is 46.2 Å². The summed E-state index contributed by atoms with van der Waals surface area (Å²) < 4.78 is 5.70. The van der Waals surface area contributed by atoms with Crippen molar-refractivity contribution in [1.29, 1.82) is 0 Å². The Balaban J connectivity index is 1.60. The first-order chi connectivity index (χ1) is 12.7. The zero-order valence-corrected chi connectivity index (χ0v) is 15.2. The molecule has 1 aromatic carbocycles. The van der Waals surface area contributed by atoms with Crippen LogP contribution in [0.4, 0.5) is 5.13 Å². The number of hydrogen-bond donors (Lipinski definition) is 2. The number of aromatic nitrogens is 1. The minimum Gasteiger partial charge on any atom is -0.464 e. The molecule has 2 heterocycles. The third-order valence-electron chi connectivity index (χ3n) is 4.79. The van der Waals surface area contributed by atoms with E-state index in [9.17, 15) is 9.90 Å². The smallest absolute Gasteiger partial charge is 0.233 e. The summed E-state index contributed by atoms with van der Waals surface area (Å²) in [5.74, 6) is -0.0718. The molecule has 4 rings (SSSR count). The van der Waals surface area contributed by atoms with E-state index in [0.717, 1.165) is 34.3 Å². The number of aliphatic hydroxyl groups is 1. The molecule has 0 aliphatic heterocycles. The average Bonchev–Trinajstić information content (AvgIpc) is 3.37. The maximum absolute atomic E-state index is 12.9. The number of nitrogens with two attached hydrogens (primary N) is 1. The fraction of sp³-hybridized carbons (Fsp3) is 0.368. The lowest BCUT2D eigenvalue weighted by Crippen LogP contribution is -2.36. The summed E-state index contributed by atoms with van der Waals surface area (Å²) in [6, 6.07) is 4.28. The molecule has 1 aliphatic rings. The standard InChI is InChI=1S/C19H21N3O3S/c20-4-5-22(19-21-9-15(10-23)26-19)18(24)8-14-11-25-17-7-13-3-1-2-12(13)6-16(14)17/h6-7,9,11,23H,1-5,8,10,20H2. The van der Waals surface area contributed by atoms with E-state index in [0.29, 0.717) is 18.2 Å². The van der Waals surface area contributed by atoms with Gasteiger partial charge in [0.15, 0.2) is 5.13 Å². The lowest BCUT2D eigenvalue weighted by molar-refractivity contribution is -0.118. The zero-order chi connectivity index (χ0) is 18.1. The highest BCUT2D eigenvalue weighted by molar-refractivity contribution is 7.15. The van der Waals surface area contributed by atoms with Gasteiger partial charge in [0, 0.05) is 30.2 Å². The fourth-order valence-electron chi connectivity index (χ4n) is 3.49. The quantitative estimate of drug-likeness (QED) is 0.694. The highest BCUT2D eigenvalue weighted by Crippen LogP contribution is 2.31. The largest absolute Gasteiger partial charge is 0.464 e. The van der Waals surface area contributed by atoms with E-state index < -0.39 is 0 Å². The van der Waals surface area contributed by atoms with Gasteiger partial charge in [-0.25, -0.2) is 4.98 Å². The molecule has 0 saturated heterocycles. The summed E-state index contributed by atoms with van der Waals surface area (Å²) in [6.07, 6.45) is 6.87. The number of amides is 1. The second kappa shape index (κ2) is 7.19. The van der Waals surface area contributed by atoms with Crippen LogP contribution in [-0.4, -0.2) is 29.1 Å². The van der Waals surface area contributed by atoms with Crippen LogP contribution in [0, 0.1) is 0 Å². The highest BCUT2D eigenvalue weighted by atomic mass is 32.1. The minimum atomic E-state index is -0.0835. The van der Waals surface area contributed by atoms with Crippen molar-refractivity contribution >= 4 is 33.3 Å². The molecular weight excluding hydrogens is 350 g/mol. The normalized spacial score (nSPS) is 13.3. The molecule has 3 N–H and O–H groups in total. The summed E-state index contributed by atoms with van der Waals surface area (Å²) in [4.78, 5) is 19.5. The van der Waals surface area contributed by atoms with E-state index in [4.69, 9.17) is 10.2 Å². The molecule has 0 unspecified atom stereocenters. The zero-order valence-electron chi connectivity index (χ0n) is 14.4. The van der Waals surface area contributed by atoms with Crippen LogP contribution in [-0.2, 0) is 30.7 Å². The van der Waals surface area contributed by atoms with Crippen LogP contribution in [0.15, 0.2) is 29.0 Å². The van der Waals surface area contributed by atoms with Gasteiger partial charge in [0.1, 0.15) is 5.58 Å². The Kier molecular flexibility index (Phi) is 4.76. The molecule has 0 spiro atoms. The van der Waals surface area contributed by atoms with Crippen LogP contribution < -0.4 is 10.6 Å². The first-order valence-electron chi connectivity index (χ1n) is 8.77. The first-order valence-corrected chi connectivity index (χ1v) is 9.59. The number of carbonyl (C=O) groups excluding carboxylic acids is 1. The molecule has 0 saturated carbocycles. The van der Waals surface area contributed by atoms with Crippen LogP contribution in [0.2, 0.25) is 0 Å². The van der Waals surface area contributed by atoms with Crippen molar-refractivity contribution in [3.63, 3.8) is 0 Å². The van der Waals surface area contributed by atoms with Gasteiger partial charge in [-0.2, -0.15) is 0 Å². The number of benzene rings is 1. The van der Waals surface area contributed by atoms with Gasteiger partial charge in [-0.15, -0.1) is 0 Å². The van der Waals surface area contributed by atoms with Crippen LogP contribution in [0.25, 0.3) is 11.0 Å². The van der Waals surface area contributed by atoms with Crippen LogP contribution in [0.5, 0.6) is 0 Å². The Hall–Kier alpha value is -2.22. The molecule has 2 aromatic heterocycles. The van der Waals surface area contributed by atoms with E-state index in [2.05, 4.69) is 17.1 Å². The molecule has 136 valence electrons. The summed E-state index contributed by atoms with van der Waals surface area (Å²) in [5.41, 5.74) is 10.1. The Morgan fingerprint density at radius 3 is 2.88 bits per heavy atom. The van der Waals surface area contributed by atoms with Crippen molar-refractivity contribution < 1.29 is 14.3 Å². The maximum atomic E-state index is 12.9. The highest BCUT2D eigenvalue weighted by Gasteiger charge is 2.22. The number of furan rings is 1. The molecule has 26 heavy (non-hydrogen) atoms. The molecule has 0 bridgehead atoms. The minimum absolute atomic E-state index is 0.0718. The number of rotatable bonds is 6. The molecule has 0 atom stereocenters. The number of fused-ring (bicyclic) bond motifs is 2. The number of anilines is 1. The third kappa shape index (κ3) is 3.13. The molecule has 0 radical (unpaired) electrons. The number of thiazole rings is 1. The fourth-order valence-corrected chi connectivity index (χ4v) is 4.31. The van der Waals surface area contributed by atoms with E-state index in [1.165, 1.54) is 28.9 Å². The van der Waals surface area contributed by atoms with Gasteiger partial charge in [-0.05, 0) is 42.5 Å². The van der Waals surface area contributed by atoms with Gasteiger partial charge < -0.3 is 15.3 Å². The van der Waals surface area contributed by atoms with Gasteiger partial charge in [0.2, 0.25) is 5.91 Å². The number of nitrogens with zero attached hydrogens (tertiary/aromatic N) is 2. The second-order valence-corrected chi connectivity index (χ2v) is 7.60. The van der Waals surface area contributed by atoms with E-state index >= 15 is 0 Å². The summed E-state index contributed by atoms with van der Waals surface area (Å²) >= 11 is 1.31. The van der Waals surface area contributed by atoms with Crippen LogP contribution in [0.3, 0.4) is 0 Å². The van der Waals surface area contributed by atoms with Gasteiger partial charge in [-0.3, -0.25) is 9.69 Å². The Bertz CT molecular complexity index is 947. The second-order valence-electron chi connectivity index (χ2n) is 6.51. The molecule has 1 aliphatic carbocycles. The van der Waals surface area contributed by atoms with Crippen molar-refractivity contribution in [2.45, 2.75) is 32.3 Å². The van der Waals surface area contributed by atoms with Crippen LogP contribution in [0.1, 0.15) is 28.0 Å². The Labute approximate surface area is 155 Å². The monoisotopic (exact) mass is 371 g/mol. The van der Waals surface area contributed by atoms with E-state index in [-0.39, 0.29) is 18.9 Å². The average molecular weight is 371 g/mol. The Morgan fingerprint density at radius 1 is 1.35 bits per heavy atom. The summed E-state index contributed by atoms with van der Waals surface area (Å²) in [5, 5.41) is 10.8. The summed E-state index contributed by atoms with van der Waals surface area (Å²) in [7, 11) is 0. The predicted octanol–water partition coefficient (Wildman–Crippen LogP) is 2.40. The summed E-state index contributed by atoms with van der Waals surface area (Å²) in [6.45, 7) is 0.654. The number of carbonyl (C=O) groups is 1. The number of aryl methyl sites for hydroxylation is 2. The molecular formula is C19H21N3O3S. The predicted molar refractivity (Wildman–Crippen MR) is 101 cm³/mol.